The maximum absolute atomic E-state index is 9.98. The fourth-order valence-electron chi connectivity index (χ4n) is 1.50. The summed E-state index contributed by atoms with van der Waals surface area (Å²) in [5.41, 5.74) is 6.13. The molecule has 0 saturated heterocycles. The van der Waals surface area contributed by atoms with Crippen LogP contribution in [0.5, 0.6) is 0 Å². The van der Waals surface area contributed by atoms with Crippen molar-refractivity contribution in [2.24, 2.45) is 5.73 Å². The number of halogens is 1. The molecule has 2 rings (SSSR count). The Morgan fingerprint density at radius 3 is 2.87 bits per heavy atom. The standard InChI is InChI=1S/C11H13ClN2O/c1-11(15,6-13)10-5-7-4-8(12)2-3-9(7)14-10/h2-5,14-15H,6,13H2,1H3. The second-order valence-corrected chi connectivity index (χ2v) is 4.33. The quantitative estimate of drug-likeness (QED) is 0.731. The van der Waals surface area contributed by atoms with Crippen LogP contribution in [-0.2, 0) is 5.60 Å². The van der Waals surface area contributed by atoms with Crippen molar-refractivity contribution in [3.05, 3.63) is 35.0 Å². The van der Waals surface area contributed by atoms with Gasteiger partial charge in [-0.15, -0.1) is 0 Å². The average molecular weight is 225 g/mol. The van der Waals surface area contributed by atoms with E-state index >= 15 is 0 Å². The summed E-state index contributed by atoms with van der Waals surface area (Å²) >= 11 is 5.87. The van der Waals surface area contributed by atoms with E-state index in [2.05, 4.69) is 4.98 Å². The van der Waals surface area contributed by atoms with Crippen molar-refractivity contribution in [3.63, 3.8) is 0 Å². The molecule has 1 aromatic heterocycles. The van der Waals surface area contributed by atoms with Crippen LogP contribution in [0, 0.1) is 0 Å². The Hall–Kier alpha value is -1.03. The minimum Gasteiger partial charge on any atom is -0.383 e. The first-order chi connectivity index (χ1) is 7.03. The van der Waals surface area contributed by atoms with Gasteiger partial charge in [-0.2, -0.15) is 0 Å². The average Bonchev–Trinajstić information content (AvgIpc) is 2.61. The van der Waals surface area contributed by atoms with E-state index < -0.39 is 5.60 Å². The highest BCUT2D eigenvalue weighted by molar-refractivity contribution is 6.31. The normalized spacial score (nSPS) is 15.5. The minimum atomic E-state index is -1.02. The first-order valence-electron chi connectivity index (χ1n) is 4.74. The predicted octanol–water partition coefficient (Wildman–Crippen LogP) is 1.99. The Morgan fingerprint density at radius 1 is 1.47 bits per heavy atom. The lowest BCUT2D eigenvalue weighted by atomic mass is 10.0. The molecule has 1 heterocycles. The SMILES string of the molecule is CC(O)(CN)c1cc2cc(Cl)ccc2[nH]1. The minimum absolute atomic E-state index is 0.174. The van der Waals surface area contributed by atoms with Crippen molar-refractivity contribution < 1.29 is 5.11 Å². The summed E-state index contributed by atoms with van der Waals surface area (Å²) in [6.45, 7) is 1.85. The van der Waals surface area contributed by atoms with E-state index in [0.717, 1.165) is 10.9 Å². The number of fused-ring (bicyclic) bond motifs is 1. The molecule has 4 N–H and O–H groups in total. The third kappa shape index (κ3) is 1.86. The molecule has 15 heavy (non-hydrogen) atoms. The zero-order chi connectivity index (χ0) is 11.1. The molecule has 1 unspecified atom stereocenters. The van der Waals surface area contributed by atoms with Crippen molar-refractivity contribution >= 4 is 22.5 Å². The van der Waals surface area contributed by atoms with Crippen molar-refractivity contribution in [1.82, 2.24) is 4.98 Å². The Bertz CT molecular complexity index is 490. The number of aromatic nitrogens is 1. The molecule has 2 aromatic rings. The van der Waals surface area contributed by atoms with Gasteiger partial charge in [-0.3, -0.25) is 0 Å². The van der Waals surface area contributed by atoms with E-state index in [1.54, 1.807) is 13.0 Å². The number of hydrogen-bond donors (Lipinski definition) is 3. The second-order valence-electron chi connectivity index (χ2n) is 3.89. The van der Waals surface area contributed by atoms with Crippen molar-refractivity contribution in [1.29, 1.82) is 0 Å². The first-order valence-corrected chi connectivity index (χ1v) is 5.12. The van der Waals surface area contributed by atoms with E-state index in [4.69, 9.17) is 17.3 Å². The summed E-state index contributed by atoms with van der Waals surface area (Å²) < 4.78 is 0. The molecule has 0 radical (unpaired) electrons. The Balaban J connectivity index is 2.56. The van der Waals surface area contributed by atoms with Gasteiger partial charge >= 0.3 is 0 Å². The molecule has 0 aliphatic heterocycles. The van der Waals surface area contributed by atoms with Crippen molar-refractivity contribution in [3.8, 4) is 0 Å². The van der Waals surface area contributed by atoms with Gasteiger partial charge in [-0.25, -0.2) is 0 Å². The van der Waals surface area contributed by atoms with E-state index in [-0.39, 0.29) is 6.54 Å². The van der Waals surface area contributed by atoms with Crippen LogP contribution >= 0.6 is 11.6 Å². The zero-order valence-corrected chi connectivity index (χ0v) is 9.17. The summed E-state index contributed by atoms with van der Waals surface area (Å²) in [4.78, 5) is 3.13. The van der Waals surface area contributed by atoms with Gasteiger partial charge in [0.2, 0.25) is 0 Å². The predicted molar refractivity (Wildman–Crippen MR) is 61.9 cm³/mol. The number of rotatable bonds is 2. The molecule has 0 aliphatic rings. The molecule has 1 aromatic carbocycles. The number of nitrogens with two attached hydrogens (primary N) is 1. The van der Waals surface area contributed by atoms with Crippen LogP contribution in [0.4, 0.5) is 0 Å². The lowest BCUT2D eigenvalue weighted by molar-refractivity contribution is 0.0630. The van der Waals surface area contributed by atoms with E-state index in [1.807, 2.05) is 18.2 Å². The third-order valence-corrected chi connectivity index (χ3v) is 2.80. The summed E-state index contributed by atoms with van der Waals surface area (Å²) in [6, 6.07) is 7.41. The molecule has 0 bridgehead atoms. The summed E-state index contributed by atoms with van der Waals surface area (Å²) in [6.07, 6.45) is 0. The topological polar surface area (TPSA) is 62.0 Å². The number of nitrogens with one attached hydrogen (secondary N) is 1. The number of hydrogen-bond acceptors (Lipinski definition) is 2. The Kier molecular flexibility index (Phi) is 2.46. The second kappa shape index (κ2) is 3.52. The maximum Gasteiger partial charge on any atom is 0.114 e. The van der Waals surface area contributed by atoms with Gasteiger partial charge in [-0.1, -0.05) is 11.6 Å². The zero-order valence-electron chi connectivity index (χ0n) is 8.42. The first kappa shape index (κ1) is 10.5. The monoisotopic (exact) mass is 224 g/mol. The molecule has 1 atom stereocenters. The molecule has 0 saturated carbocycles. The van der Waals surface area contributed by atoms with Crippen LogP contribution in [-0.4, -0.2) is 16.6 Å². The van der Waals surface area contributed by atoms with Crippen LogP contribution < -0.4 is 5.73 Å². The fraction of sp³-hybridized carbons (Fsp3) is 0.273. The molecular formula is C11H13ClN2O. The molecule has 4 heteroatoms. The van der Waals surface area contributed by atoms with Gasteiger partial charge in [-0.05, 0) is 31.2 Å². The summed E-state index contributed by atoms with van der Waals surface area (Å²) in [7, 11) is 0. The molecule has 80 valence electrons. The van der Waals surface area contributed by atoms with E-state index in [9.17, 15) is 5.11 Å². The third-order valence-electron chi connectivity index (χ3n) is 2.56. The number of H-pyrrole nitrogens is 1. The van der Waals surface area contributed by atoms with Crippen molar-refractivity contribution in [2.45, 2.75) is 12.5 Å². The molecular weight excluding hydrogens is 212 g/mol. The van der Waals surface area contributed by atoms with Gasteiger partial charge in [0.1, 0.15) is 5.60 Å². The Morgan fingerprint density at radius 2 is 2.20 bits per heavy atom. The van der Waals surface area contributed by atoms with Crippen LogP contribution in [0.2, 0.25) is 5.02 Å². The fourth-order valence-corrected chi connectivity index (χ4v) is 1.68. The van der Waals surface area contributed by atoms with Gasteiger partial charge < -0.3 is 15.8 Å². The molecule has 0 fully saturated rings. The van der Waals surface area contributed by atoms with Crippen LogP contribution in [0.15, 0.2) is 24.3 Å². The highest BCUT2D eigenvalue weighted by Gasteiger charge is 2.22. The van der Waals surface area contributed by atoms with Gasteiger partial charge in [0.15, 0.2) is 0 Å². The molecule has 0 spiro atoms. The molecule has 0 amide bonds. The lowest BCUT2D eigenvalue weighted by Crippen LogP contribution is -2.31. The van der Waals surface area contributed by atoms with E-state index in [1.165, 1.54) is 0 Å². The number of aliphatic hydroxyl groups is 1. The van der Waals surface area contributed by atoms with Crippen LogP contribution in [0.25, 0.3) is 10.9 Å². The molecule has 3 nitrogen and oxygen atoms in total. The smallest absolute Gasteiger partial charge is 0.114 e. The van der Waals surface area contributed by atoms with Crippen LogP contribution in [0.1, 0.15) is 12.6 Å². The molecule has 0 aliphatic carbocycles. The highest BCUT2D eigenvalue weighted by atomic mass is 35.5. The van der Waals surface area contributed by atoms with Crippen LogP contribution in [0.3, 0.4) is 0 Å². The summed E-state index contributed by atoms with van der Waals surface area (Å²) in [5, 5.41) is 11.6. The lowest BCUT2D eigenvalue weighted by Gasteiger charge is -2.18. The van der Waals surface area contributed by atoms with E-state index in [0.29, 0.717) is 10.7 Å². The number of aromatic amines is 1. The van der Waals surface area contributed by atoms with Crippen molar-refractivity contribution in [2.75, 3.05) is 6.54 Å². The van der Waals surface area contributed by atoms with Gasteiger partial charge in [0.05, 0.1) is 0 Å². The summed E-state index contributed by atoms with van der Waals surface area (Å²) in [5.74, 6) is 0. The Labute approximate surface area is 92.9 Å². The highest BCUT2D eigenvalue weighted by Crippen LogP contribution is 2.25. The maximum atomic E-state index is 9.98. The largest absolute Gasteiger partial charge is 0.383 e. The number of benzene rings is 1. The van der Waals surface area contributed by atoms with Gasteiger partial charge in [0.25, 0.3) is 0 Å². The van der Waals surface area contributed by atoms with Gasteiger partial charge in [0, 0.05) is 28.2 Å².